The highest BCUT2D eigenvalue weighted by molar-refractivity contribution is 5.97. The van der Waals surface area contributed by atoms with E-state index in [-0.39, 0.29) is 53.3 Å². The molecule has 0 bridgehead atoms. The van der Waals surface area contributed by atoms with Gasteiger partial charge in [-0.2, -0.15) is 0 Å². The van der Waals surface area contributed by atoms with Crippen molar-refractivity contribution in [3.05, 3.63) is 313 Å². The molecule has 4 aromatic carbocycles. The maximum Gasteiger partial charge on any atom is 0.270 e. The number of aryl methyl sites for hydroxylation is 4. The average Bonchev–Trinajstić information content (AvgIpc) is 1.65. The van der Waals surface area contributed by atoms with E-state index in [4.69, 9.17) is 5.11 Å². The highest BCUT2D eigenvalue weighted by Crippen LogP contribution is 2.37. The number of amides is 4. The van der Waals surface area contributed by atoms with E-state index >= 15 is 0 Å². The Hall–Kier alpha value is -14.7. The monoisotopic (exact) mass is 1800 g/mol. The summed E-state index contributed by atoms with van der Waals surface area (Å²) in [7, 11) is 0. The number of Topliss-reactive ketones (excluding diaryl/α,β-unsaturated/α-hetero) is 1. The van der Waals surface area contributed by atoms with Gasteiger partial charge in [-0.05, 0) is 280 Å². The molecule has 684 valence electrons. The lowest BCUT2D eigenvalue weighted by atomic mass is 9.99. The zero-order valence-electron chi connectivity index (χ0n) is 75.1. The van der Waals surface area contributed by atoms with Gasteiger partial charge in [-0.1, -0.05) is 30.7 Å². The number of nitrogens with one attached hydrogen (secondary N) is 3. The summed E-state index contributed by atoms with van der Waals surface area (Å²) in [6.07, 6.45) is 30.8. The first-order valence-corrected chi connectivity index (χ1v) is 45.3. The number of aliphatic hydroxyl groups excluding tert-OH is 2. The molecule has 15 heterocycles. The number of aliphatic hydroxyl groups is 2. The van der Waals surface area contributed by atoms with Crippen molar-refractivity contribution in [2.45, 2.75) is 104 Å². The number of rotatable bonds is 27. The van der Waals surface area contributed by atoms with Gasteiger partial charge >= 0.3 is 0 Å². The molecule has 3 aliphatic rings. The molecule has 5 N–H and O–H groups in total. The summed E-state index contributed by atoms with van der Waals surface area (Å²) in [5.41, 5.74) is 20.1. The van der Waals surface area contributed by atoms with Crippen LogP contribution < -0.4 is 16.0 Å². The van der Waals surface area contributed by atoms with Gasteiger partial charge in [-0.15, -0.1) is 0 Å². The van der Waals surface area contributed by atoms with Gasteiger partial charge in [0, 0.05) is 168 Å². The van der Waals surface area contributed by atoms with E-state index in [9.17, 15) is 46.6 Å². The summed E-state index contributed by atoms with van der Waals surface area (Å²) < 4.78 is 62.3. The Morgan fingerprint density at radius 2 is 0.716 bits per heavy atom. The molecule has 1 unspecified atom stereocenters. The van der Waals surface area contributed by atoms with Crippen molar-refractivity contribution < 1.29 is 51.7 Å². The number of benzene rings is 4. The van der Waals surface area contributed by atoms with Crippen molar-refractivity contribution in [2.75, 3.05) is 78.6 Å². The topological polar surface area (TPSA) is 292 Å². The largest absolute Gasteiger partial charge is 0.394 e. The number of carbonyl (C=O) groups is 5. The normalized spacial score (nSPS) is 13.6. The Labute approximate surface area is 772 Å². The molecule has 16 aromatic rings. The zero-order chi connectivity index (χ0) is 93.3. The molecule has 19 rings (SSSR count). The van der Waals surface area contributed by atoms with E-state index in [0.717, 1.165) is 141 Å². The number of hydrogen-bond donors (Lipinski definition) is 5. The molecule has 3 fully saturated rings. The Morgan fingerprint density at radius 3 is 1.08 bits per heavy atom. The number of ketones is 1. The minimum absolute atomic E-state index is 0.0705. The summed E-state index contributed by atoms with van der Waals surface area (Å²) in [5.74, 6) is -1.47. The second-order valence-corrected chi connectivity index (χ2v) is 33.8. The minimum Gasteiger partial charge on any atom is -0.394 e. The zero-order valence-corrected chi connectivity index (χ0v) is 75.1. The van der Waals surface area contributed by atoms with Crippen molar-refractivity contribution >= 4 is 52.0 Å². The van der Waals surface area contributed by atoms with Crippen LogP contribution in [-0.2, 0) is 4.79 Å². The summed E-state index contributed by atoms with van der Waals surface area (Å²) in [4.78, 5) is 105. The molecule has 3 saturated heterocycles. The fraction of sp³-hybridized carbons (Fsp3) is 0.267. The summed E-state index contributed by atoms with van der Waals surface area (Å²) in [6.45, 7) is 15.5. The van der Waals surface area contributed by atoms with E-state index in [1.165, 1.54) is 75.7 Å². The van der Waals surface area contributed by atoms with Gasteiger partial charge < -0.3 is 40.9 Å². The molecule has 29 heteroatoms. The lowest BCUT2D eigenvalue weighted by Crippen LogP contribution is -2.34. The van der Waals surface area contributed by atoms with E-state index < -0.39 is 18.6 Å². The lowest BCUT2D eigenvalue weighted by molar-refractivity contribution is -0.127. The quantitative estimate of drug-likeness (QED) is 0.0182. The summed E-state index contributed by atoms with van der Waals surface area (Å²) in [5, 5.41) is 26.9. The van der Waals surface area contributed by atoms with Gasteiger partial charge in [0.05, 0.1) is 60.3 Å². The van der Waals surface area contributed by atoms with Gasteiger partial charge in [-0.3, -0.25) is 61.5 Å². The van der Waals surface area contributed by atoms with Crippen LogP contribution in [-0.4, -0.2) is 197 Å². The number of unbranched alkanes of at least 4 members (excludes halogenated alkanes) is 1. The molecule has 0 spiro atoms. The Balaban J connectivity index is 0.000000130. The first-order chi connectivity index (χ1) is 65.2. The van der Waals surface area contributed by atoms with Crippen LogP contribution in [0.5, 0.6) is 0 Å². The third kappa shape index (κ3) is 21.9. The molecule has 4 amide bonds. The second-order valence-electron chi connectivity index (χ2n) is 33.8. The fourth-order valence-corrected chi connectivity index (χ4v) is 17.1. The van der Waals surface area contributed by atoms with E-state index in [2.05, 4.69) is 65.6 Å². The van der Waals surface area contributed by atoms with Crippen LogP contribution in [0.2, 0.25) is 0 Å². The first kappa shape index (κ1) is 92.6. The van der Waals surface area contributed by atoms with Crippen LogP contribution in [0.1, 0.15) is 135 Å². The standard InChI is InChI=1S/C29H31FN4O.C27H26FN5O2.C26H26FN5O.C23H21FN4O3/c1-21-18-22(10-12-25(21)30)29-24(8-7-14-31-29)23-11-13-28-32-19-26(34(28)20-23)27(35)9-3-6-17-33-15-4-2-5-16-33;1-18-15-19(7-9-22(18)28)26-21(5-2-11-29-26)20-8-10-24-31-16-23(33(24)17-20)27(35)30-12-4-14-32-13-3-6-25(32)34;1-18-15-19(6-8-22(18)27)25-21(5-4-10-28-25)20-7-9-24-30-16-23(32(24)17-20)26(33)29-11-14-31-12-2-3-13-31;1-14-9-15(4-6-19(14)24)22-18(3-2-8-25-22)16-5-7-21-26-11-20(28(21)12-16)23(31)27-10-17(30)13-29/h7-8,10-14,18-20H,2-6,9,15-17H2,1H3;2,5,7-11,15-17H,3-4,6,12-14H2,1H3,(H,30,35);4-10,15-17H,2-3,11-14H2,1H3,(H,29,33);2-9,11-12,17,29-30H,10,13H2,1H3,(H,27,31). The smallest absolute Gasteiger partial charge is 0.270 e. The lowest BCUT2D eigenvalue weighted by Gasteiger charge is -2.26. The van der Waals surface area contributed by atoms with Crippen molar-refractivity contribution in [1.82, 2.24) is 88.1 Å². The Morgan fingerprint density at radius 1 is 0.373 bits per heavy atom. The van der Waals surface area contributed by atoms with Gasteiger partial charge in [0.25, 0.3) is 17.7 Å². The molecule has 12 aromatic heterocycles. The van der Waals surface area contributed by atoms with Gasteiger partial charge in [0.2, 0.25) is 5.91 Å². The van der Waals surface area contributed by atoms with Gasteiger partial charge in [0.15, 0.2) is 5.78 Å². The van der Waals surface area contributed by atoms with Gasteiger partial charge in [-0.25, -0.2) is 37.5 Å². The number of fused-ring (bicyclic) bond motifs is 4. The molecule has 3 aliphatic heterocycles. The number of hydrogen-bond acceptors (Lipinski definition) is 17. The number of pyridine rings is 8. The molecular weight excluding hydrogens is 1700 g/mol. The maximum absolute atomic E-state index is 13.8. The van der Waals surface area contributed by atoms with Crippen LogP contribution in [0.25, 0.3) is 112 Å². The molecule has 25 nitrogen and oxygen atoms in total. The van der Waals surface area contributed by atoms with Crippen molar-refractivity contribution in [3.8, 4) is 89.5 Å². The van der Waals surface area contributed by atoms with E-state index in [1.807, 2.05) is 129 Å². The number of nitrogens with zero attached hydrogens (tertiary/aromatic N) is 15. The van der Waals surface area contributed by atoms with Crippen LogP contribution in [0, 0.1) is 51.0 Å². The van der Waals surface area contributed by atoms with Crippen LogP contribution in [0.4, 0.5) is 17.6 Å². The summed E-state index contributed by atoms with van der Waals surface area (Å²) in [6, 6.07) is 50.4. The van der Waals surface area contributed by atoms with Crippen LogP contribution >= 0.6 is 0 Å². The molecular formula is C105H104F4N18O7. The molecule has 0 aliphatic carbocycles. The Bertz CT molecular complexity index is 6960. The predicted molar refractivity (Wildman–Crippen MR) is 509 cm³/mol. The highest BCUT2D eigenvalue weighted by Gasteiger charge is 2.25. The molecule has 134 heavy (non-hydrogen) atoms. The number of piperidine rings is 1. The third-order valence-corrected chi connectivity index (χ3v) is 24.5. The number of likely N-dealkylation sites (tertiary alicyclic amines) is 3. The average molecular weight is 1810 g/mol. The Kier molecular flexibility index (Phi) is 29.8. The van der Waals surface area contributed by atoms with E-state index in [0.29, 0.717) is 107 Å². The van der Waals surface area contributed by atoms with Crippen LogP contribution in [0.15, 0.2) is 244 Å². The maximum atomic E-state index is 13.8. The van der Waals surface area contributed by atoms with Crippen molar-refractivity contribution in [2.24, 2.45) is 0 Å². The predicted octanol–water partition coefficient (Wildman–Crippen LogP) is 17.5. The second kappa shape index (κ2) is 43.1. The van der Waals surface area contributed by atoms with Crippen molar-refractivity contribution in [1.29, 1.82) is 0 Å². The fourth-order valence-electron chi connectivity index (χ4n) is 17.1. The van der Waals surface area contributed by atoms with Crippen LogP contribution in [0.3, 0.4) is 0 Å². The minimum atomic E-state index is -1.03. The number of imidazole rings is 4. The first-order valence-electron chi connectivity index (χ1n) is 45.3. The molecule has 0 saturated carbocycles. The number of carbonyl (C=O) groups excluding carboxylic acids is 5. The van der Waals surface area contributed by atoms with Crippen molar-refractivity contribution in [3.63, 3.8) is 0 Å². The summed E-state index contributed by atoms with van der Waals surface area (Å²) >= 11 is 0. The number of aromatic nitrogens is 12. The van der Waals surface area contributed by atoms with E-state index in [1.54, 1.807) is 135 Å². The number of halogens is 4. The SMILES string of the molecule is Cc1cc(-c2ncccc2-c2ccc3ncc(C(=O)CCCCN4CCCCC4)n3c2)ccc1F.Cc1cc(-c2ncccc2-c2ccc3ncc(C(=O)NCC(O)CO)n3c2)ccc1F.Cc1cc(-c2ncccc2-c2ccc3ncc(C(=O)NCCCN4CCCC4=O)n3c2)ccc1F.Cc1cc(-c2ncccc2-c2ccc3ncc(C(=O)NCCN4CCCC4)n3c2)ccc1F. The third-order valence-electron chi connectivity index (χ3n) is 24.5. The molecule has 1 atom stereocenters. The molecule has 0 radical (unpaired) electrons. The highest BCUT2D eigenvalue weighted by atomic mass is 19.1. The van der Waals surface area contributed by atoms with Gasteiger partial charge in [0.1, 0.15) is 68.6 Å².